The van der Waals surface area contributed by atoms with Gasteiger partial charge in [-0.3, -0.25) is 4.79 Å². The van der Waals surface area contributed by atoms with E-state index in [0.29, 0.717) is 5.75 Å². The van der Waals surface area contributed by atoms with Gasteiger partial charge in [0.2, 0.25) is 0 Å². The molecule has 0 aromatic heterocycles. The highest BCUT2D eigenvalue weighted by Crippen LogP contribution is 2.08. The molecular weight excluding hydrogens is 262 g/mol. The van der Waals surface area contributed by atoms with Gasteiger partial charge in [0, 0.05) is 6.04 Å². The van der Waals surface area contributed by atoms with Gasteiger partial charge in [0.1, 0.15) is 5.75 Å². The second-order valence-electron chi connectivity index (χ2n) is 5.26. The predicted molar refractivity (Wildman–Crippen MR) is 84.4 cm³/mol. The van der Waals surface area contributed by atoms with E-state index in [2.05, 4.69) is 36.5 Å². The number of para-hydroxylation sites is 1. The van der Waals surface area contributed by atoms with Crippen LogP contribution in [-0.2, 0) is 11.2 Å². The van der Waals surface area contributed by atoms with E-state index in [4.69, 9.17) is 4.74 Å². The smallest absolute Gasteiger partial charge is 0.258 e. The van der Waals surface area contributed by atoms with Gasteiger partial charge < -0.3 is 10.1 Å². The van der Waals surface area contributed by atoms with E-state index < -0.39 is 0 Å². The Hall–Kier alpha value is -2.29. The molecule has 1 unspecified atom stereocenters. The minimum absolute atomic E-state index is 0.0439. The van der Waals surface area contributed by atoms with Crippen LogP contribution in [0.3, 0.4) is 0 Å². The van der Waals surface area contributed by atoms with Gasteiger partial charge in [-0.2, -0.15) is 0 Å². The minimum Gasteiger partial charge on any atom is -0.484 e. The van der Waals surface area contributed by atoms with Crippen LogP contribution in [0.5, 0.6) is 5.75 Å². The van der Waals surface area contributed by atoms with Crippen LogP contribution in [0.15, 0.2) is 54.6 Å². The van der Waals surface area contributed by atoms with E-state index >= 15 is 0 Å². The SMILES string of the molecule is Cc1ccc(CC(C)NC(=O)COc2ccccc2)cc1. The fraction of sp³-hybridized carbons (Fsp3) is 0.278. The average Bonchev–Trinajstić information content (AvgIpc) is 2.48. The standard InChI is InChI=1S/C18H21NO2/c1-14-8-10-16(11-9-14)12-15(2)19-18(20)13-21-17-6-4-3-5-7-17/h3-11,15H,12-13H2,1-2H3,(H,19,20). The molecule has 110 valence electrons. The third-order valence-electron chi connectivity index (χ3n) is 3.18. The number of hydrogen-bond donors (Lipinski definition) is 1. The zero-order valence-electron chi connectivity index (χ0n) is 12.5. The number of carbonyl (C=O) groups excluding carboxylic acids is 1. The van der Waals surface area contributed by atoms with E-state index in [0.717, 1.165) is 6.42 Å². The third kappa shape index (κ3) is 5.30. The van der Waals surface area contributed by atoms with Crippen LogP contribution >= 0.6 is 0 Å². The minimum atomic E-state index is -0.0986. The first-order valence-electron chi connectivity index (χ1n) is 7.16. The van der Waals surface area contributed by atoms with Crippen molar-refractivity contribution in [2.45, 2.75) is 26.3 Å². The Balaban J connectivity index is 1.75. The summed E-state index contributed by atoms with van der Waals surface area (Å²) in [5.41, 5.74) is 2.46. The van der Waals surface area contributed by atoms with Crippen molar-refractivity contribution < 1.29 is 9.53 Å². The summed E-state index contributed by atoms with van der Waals surface area (Å²) in [6.07, 6.45) is 0.817. The van der Waals surface area contributed by atoms with Crippen molar-refractivity contribution in [3.05, 3.63) is 65.7 Å². The summed E-state index contributed by atoms with van der Waals surface area (Å²) < 4.78 is 5.42. The van der Waals surface area contributed by atoms with Crippen LogP contribution in [0.25, 0.3) is 0 Å². The second kappa shape index (κ2) is 7.48. The molecule has 0 aliphatic heterocycles. The summed E-state index contributed by atoms with van der Waals surface area (Å²) in [6.45, 7) is 4.11. The molecule has 3 heteroatoms. The molecule has 1 atom stereocenters. The zero-order chi connectivity index (χ0) is 15.1. The Morgan fingerprint density at radius 3 is 2.43 bits per heavy atom. The fourth-order valence-electron chi connectivity index (χ4n) is 2.11. The molecule has 3 nitrogen and oxygen atoms in total. The van der Waals surface area contributed by atoms with Gasteiger partial charge in [-0.05, 0) is 38.0 Å². The maximum Gasteiger partial charge on any atom is 0.258 e. The summed E-state index contributed by atoms with van der Waals surface area (Å²) >= 11 is 0. The first-order valence-corrected chi connectivity index (χ1v) is 7.16. The molecule has 0 bridgehead atoms. The maximum absolute atomic E-state index is 11.8. The van der Waals surface area contributed by atoms with Crippen molar-refractivity contribution in [3.8, 4) is 5.75 Å². The summed E-state index contributed by atoms with van der Waals surface area (Å²) in [7, 11) is 0. The molecule has 0 heterocycles. The van der Waals surface area contributed by atoms with Crippen LogP contribution in [-0.4, -0.2) is 18.6 Å². The van der Waals surface area contributed by atoms with Crippen LogP contribution < -0.4 is 10.1 Å². The number of ether oxygens (including phenoxy) is 1. The highest BCUT2D eigenvalue weighted by Gasteiger charge is 2.08. The lowest BCUT2D eigenvalue weighted by atomic mass is 10.1. The Labute approximate surface area is 126 Å². The number of nitrogens with one attached hydrogen (secondary N) is 1. The molecule has 0 spiro atoms. The zero-order valence-corrected chi connectivity index (χ0v) is 12.5. The van der Waals surface area contributed by atoms with E-state index in [1.54, 1.807) is 0 Å². The lowest BCUT2D eigenvalue weighted by Crippen LogP contribution is -2.37. The molecular formula is C18H21NO2. The first-order chi connectivity index (χ1) is 10.1. The fourth-order valence-corrected chi connectivity index (χ4v) is 2.11. The van der Waals surface area contributed by atoms with Crippen molar-refractivity contribution in [2.24, 2.45) is 0 Å². The summed E-state index contributed by atoms with van der Waals surface area (Å²) in [5, 5.41) is 2.95. The number of aryl methyl sites for hydroxylation is 1. The van der Waals surface area contributed by atoms with Crippen molar-refractivity contribution in [1.29, 1.82) is 0 Å². The normalized spacial score (nSPS) is 11.7. The average molecular weight is 283 g/mol. The van der Waals surface area contributed by atoms with Crippen LogP contribution in [0.2, 0.25) is 0 Å². The molecule has 0 fully saturated rings. The molecule has 0 aliphatic rings. The van der Waals surface area contributed by atoms with Gasteiger partial charge in [-0.25, -0.2) is 0 Å². The van der Waals surface area contributed by atoms with Gasteiger partial charge in [0.25, 0.3) is 5.91 Å². The van der Waals surface area contributed by atoms with Crippen LogP contribution in [0, 0.1) is 6.92 Å². The number of amides is 1. The van der Waals surface area contributed by atoms with Crippen molar-refractivity contribution in [3.63, 3.8) is 0 Å². The Morgan fingerprint density at radius 1 is 1.10 bits per heavy atom. The number of hydrogen-bond acceptors (Lipinski definition) is 2. The second-order valence-corrected chi connectivity index (χ2v) is 5.26. The molecule has 21 heavy (non-hydrogen) atoms. The van der Waals surface area contributed by atoms with E-state index in [-0.39, 0.29) is 18.6 Å². The Bertz CT molecular complexity index is 564. The monoisotopic (exact) mass is 283 g/mol. The Morgan fingerprint density at radius 2 is 1.76 bits per heavy atom. The summed E-state index contributed by atoms with van der Waals surface area (Å²) in [5.74, 6) is 0.609. The first kappa shape index (κ1) is 15.1. The molecule has 1 N–H and O–H groups in total. The molecule has 1 amide bonds. The topological polar surface area (TPSA) is 38.3 Å². The maximum atomic E-state index is 11.8. The van der Waals surface area contributed by atoms with Gasteiger partial charge in [0.15, 0.2) is 6.61 Å². The van der Waals surface area contributed by atoms with Crippen molar-refractivity contribution in [1.82, 2.24) is 5.32 Å². The van der Waals surface area contributed by atoms with Crippen LogP contribution in [0.1, 0.15) is 18.1 Å². The highest BCUT2D eigenvalue weighted by molar-refractivity contribution is 5.77. The molecule has 0 radical (unpaired) electrons. The van der Waals surface area contributed by atoms with Gasteiger partial charge in [0.05, 0.1) is 0 Å². The molecule has 0 saturated carbocycles. The predicted octanol–water partition coefficient (Wildman–Crippen LogP) is 3.12. The number of rotatable bonds is 6. The summed E-state index contributed by atoms with van der Waals surface area (Å²) in [6, 6.07) is 17.8. The van der Waals surface area contributed by atoms with Gasteiger partial charge in [-0.1, -0.05) is 48.0 Å². The van der Waals surface area contributed by atoms with Crippen molar-refractivity contribution in [2.75, 3.05) is 6.61 Å². The lowest BCUT2D eigenvalue weighted by Gasteiger charge is -2.14. The Kier molecular flexibility index (Phi) is 5.38. The van der Waals surface area contributed by atoms with E-state index in [1.807, 2.05) is 37.3 Å². The van der Waals surface area contributed by atoms with Gasteiger partial charge in [-0.15, -0.1) is 0 Å². The molecule has 0 saturated heterocycles. The number of carbonyl (C=O) groups is 1. The molecule has 2 aromatic carbocycles. The highest BCUT2D eigenvalue weighted by atomic mass is 16.5. The quantitative estimate of drug-likeness (QED) is 0.884. The summed E-state index contributed by atoms with van der Waals surface area (Å²) in [4.78, 5) is 11.8. The molecule has 0 aliphatic carbocycles. The van der Waals surface area contributed by atoms with E-state index in [1.165, 1.54) is 11.1 Å². The largest absolute Gasteiger partial charge is 0.484 e. The lowest BCUT2D eigenvalue weighted by molar-refractivity contribution is -0.123. The van der Waals surface area contributed by atoms with E-state index in [9.17, 15) is 4.79 Å². The third-order valence-corrected chi connectivity index (χ3v) is 3.18. The number of benzene rings is 2. The van der Waals surface area contributed by atoms with Crippen molar-refractivity contribution >= 4 is 5.91 Å². The van der Waals surface area contributed by atoms with Gasteiger partial charge >= 0.3 is 0 Å². The van der Waals surface area contributed by atoms with Crippen LogP contribution in [0.4, 0.5) is 0 Å². The molecule has 2 rings (SSSR count). The molecule has 2 aromatic rings.